The Morgan fingerprint density at radius 1 is 1.32 bits per heavy atom. The zero-order chi connectivity index (χ0) is 19.8. The monoisotopic (exact) mass is 383 g/mol. The van der Waals surface area contributed by atoms with Gasteiger partial charge >= 0.3 is 0 Å². The van der Waals surface area contributed by atoms with Crippen molar-refractivity contribution in [3.63, 3.8) is 0 Å². The lowest BCUT2D eigenvalue weighted by Gasteiger charge is -2.26. The number of benzene rings is 1. The number of nitriles is 1. The average molecular weight is 383 g/mol. The smallest absolute Gasteiger partial charge is 0.191 e. The van der Waals surface area contributed by atoms with Crippen molar-refractivity contribution in [1.82, 2.24) is 15.5 Å². The van der Waals surface area contributed by atoms with Gasteiger partial charge in [0.05, 0.1) is 30.5 Å². The second kappa shape index (κ2) is 9.90. The molecule has 0 radical (unpaired) electrons. The fraction of sp³-hybridized carbons (Fsp3) is 0.429. The van der Waals surface area contributed by atoms with Gasteiger partial charge in [-0.15, -0.1) is 0 Å². The van der Waals surface area contributed by atoms with Crippen molar-refractivity contribution in [1.29, 1.82) is 5.26 Å². The highest BCUT2D eigenvalue weighted by molar-refractivity contribution is 5.79. The Hall–Kier alpha value is -2.85. The second-order valence-corrected chi connectivity index (χ2v) is 6.77. The standard InChI is InChI=1S/C21H26FN5O/c1-2-24-21(25-14-17-8-7-16(13-23)12-18(17)22)26-15-19(20-6-5-11-28-20)27-9-3-4-10-27/h5-8,11-12,19H,2-4,9-10,14-15H2,1H3,(H2,24,25,26). The van der Waals surface area contributed by atoms with Crippen LogP contribution >= 0.6 is 0 Å². The quantitative estimate of drug-likeness (QED) is 0.567. The Morgan fingerprint density at radius 3 is 2.79 bits per heavy atom. The molecule has 6 nitrogen and oxygen atoms in total. The topological polar surface area (TPSA) is 76.6 Å². The van der Waals surface area contributed by atoms with Crippen molar-refractivity contribution in [2.75, 3.05) is 26.2 Å². The minimum Gasteiger partial charge on any atom is -0.468 e. The van der Waals surface area contributed by atoms with Crippen LogP contribution in [0.15, 0.2) is 46.0 Å². The predicted octanol–water partition coefficient (Wildman–Crippen LogP) is 3.18. The lowest BCUT2D eigenvalue weighted by molar-refractivity contribution is 0.215. The van der Waals surface area contributed by atoms with E-state index in [0.717, 1.165) is 18.8 Å². The molecule has 0 spiro atoms. The van der Waals surface area contributed by atoms with Gasteiger partial charge in [-0.3, -0.25) is 4.90 Å². The largest absolute Gasteiger partial charge is 0.468 e. The molecule has 1 unspecified atom stereocenters. The minimum atomic E-state index is -0.413. The predicted molar refractivity (Wildman–Crippen MR) is 106 cm³/mol. The van der Waals surface area contributed by atoms with E-state index in [1.807, 2.05) is 25.1 Å². The van der Waals surface area contributed by atoms with Crippen LogP contribution < -0.4 is 10.6 Å². The highest BCUT2D eigenvalue weighted by Crippen LogP contribution is 2.24. The molecule has 2 N–H and O–H groups in total. The van der Waals surface area contributed by atoms with Gasteiger partial charge in [-0.25, -0.2) is 9.38 Å². The van der Waals surface area contributed by atoms with Gasteiger partial charge in [0.1, 0.15) is 11.6 Å². The molecule has 28 heavy (non-hydrogen) atoms. The molecule has 0 bridgehead atoms. The van der Waals surface area contributed by atoms with E-state index in [2.05, 4.69) is 20.5 Å². The molecule has 2 heterocycles. The van der Waals surface area contributed by atoms with Crippen LogP contribution in [0.2, 0.25) is 0 Å². The first kappa shape index (κ1) is 19.9. The van der Waals surface area contributed by atoms with Crippen molar-refractivity contribution in [3.8, 4) is 6.07 Å². The maximum Gasteiger partial charge on any atom is 0.191 e. The third-order valence-corrected chi connectivity index (χ3v) is 4.85. The third kappa shape index (κ3) is 5.11. The molecule has 1 fully saturated rings. The van der Waals surface area contributed by atoms with Crippen LogP contribution in [0, 0.1) is 17.1 Å². The summed E-state index contributed by atoms with van der Waals surface area (Å²) in [7, 11) is 0. The fourth-order valence-electron chi connectivity index (χ4n) is 3.39. The molecule has 7 heteroatoms. The summed E-state index contributed by atoms with van der Waals surface area (Å²) in [4.78, 5) is 6.91. The van der Waals surface area contributed by atoms with E-state index >= 15 is 0 Å². The maximum absolute atomic E-state index is 14.1. The van der Waals surface area contributed by atoms with E-state index in [-0.39, 0.29) is 12.6 Å². The number of hydrogen-bond donors (Lipinski definition) is 2. The van der Waals surface area contributed by atoms with Gasteiger partial charge in [-0.2, -0.15) is 5.26 Å². The van der Waals surface area contributed by atoms with Gasteiger partial charge in [0, 0.05) is 18.7 Å². The summed E-state index contributed by atoms with van der Waals surface area (Å²) in [5, 5.41) is 15.4. The second-order valence-electron chi connectivity index (χ2n) is 6.77. The fourth-order valence-corrected chi connectivity index (χ4v) is 3.39. The van der Waals surface area contributed by atoms with Crippen molar-refractivity contribution in [2.24, 2.45) is 4.99 Å². The molecule has 148 valence electrons. The van der Waals surface area contributed by atoms with Gasteiger partial charge in [0.25, 0.3) is 0 Å². The van der Waals surface area contributed by atoms with Crippen LogP contribution in [0.25, 0.3) is 0 Å². The Morgan fingerprint density at radius 2 is 2.14 bits per heavy atom. The average Bonchev–Trinajstić information content (AvgIpc) is 3.41. The number of likely N-dealkylation sites (tertiary alicyclic amines) is 1. The number of furan rings is 1. The van der Waals surface area contributed by atoms with Crippen LogP contribution in [0.4, 0.5) is 4.39 Å². The van der Waals surface area contributed by atoms with Gasteiger partial charge in [0.15, 0.2) is 5.96 Å². The van der Waals surface area contributed by atoms with E-state index in [1.54, 1.807) is 18.4 Å². The molecule has 3 rings (SSSR count). The Labute approximate surface area is 165 Å². The first-order valence-corrected chi connectivity index (χ1v) is 9.69. The SMILES string of the molecule is CCNC(=NCc1ccc(C#N)cc1F)NCC(c1ccco1)N1CCCC1. The van der Waals surface area contributed by atoms with Crippen molar-refractivity contribution >= 4 is 5.96 Å². The molecule has 1 aromatic heterocycles. The van der Waals surface area contributed by atoms with Gasteiger partial charge in [0.2, 0.25) is 0 Å². The number of aliphatic imine (C=N–C) groups is 1. The third-order valence-electron chi connectivity index (χ3n) is 4.85. The summed E-state index contributed by atoms with van der Waals surface area (Å²) in [5.41, 5.74) is 0.764. The molecule has 1 aromatic carbocycles. The molecule has 0 saturated carbocycles. The summed E-state index contributed by atoms with van der Waals surface area (Å²) in [6.45, 7) is 5.65. The van der Waals surface area contributed by atoms with E-state index < -0.39 is 5.82 Å². The van der Waals surface area contributed by atoms with Crippen molar-refractivity contribution < 1.29 is 8.81 Å². The van der Waals surface area contributed by atoms with Gasteiger partial charge in [-0.1, -0.05) is 6.07 Å². The molecular weight excluding hydrogens is 357 g/mol. The molecule has 0 aliphatic carbocycles. The summed E-state index contributed by atoms with van der Waals surface area (Å²) in [6, 6.07) is 10.4. The van der Waals surface area contributed by atoms with Crippen LogP contribution in [-0.4, -0.2) is 37.0 Å². The number of halogens is 1. The summed E-state index contributed by atoms with van der Waals surface area (Å²) in [6.07, 6.45) is 4.10. The first-order chi connectivity index (χ1) is 13.7. The van der Waals surface area contributed by atoms with Gasteiger partial charge in [-0.05, 0) is 57.1 Å². The summed E-state index contributed by atoms with van der Waals surface area (Å²) in [5.74, 6) is 1.15. The number of rotatable bonds is 7. The van der Waals surface area contributed by atoms with E-state index in [4.69, 9.17) is 9.68 Å². The highest BCUT2D eigenvalue weighted by atomic mass is 19.1. The molecule has 1 atom stereocenters. The number of guanidine groups is 1. The van der Waals surface area contributed by atoms with Gasteiger partial charge < -0.3 is 15.1 Å². The minimum absolute atomic E-state index is 0.132. The lowest BCUT2D eigenvalue weighted by atomic mass is 10.1. The highest BCUT2D eigenvalue weighted by Gasteiger charge is 2.25. The Kier molecular flexibility index (Phi) is 7.04. The summed E-state index contributed by atoms with van der Waals surface area (Å²) < 4.78 is 19.7. The normalized spacial score (nSPS) is 16.0. The molecular formula is C21H26FN5O. The zero-order valence-corrected chi connectivity index (χ0v) is 16.1. The molecule has 1 saturated heterocycles. The molecule has 2 aromatic rings. The van der Waals surface area contributed by atoms with E-state index in [1.165, 1.54) is 18.9 Å². The Balaban J connectivity index is 1.67. The molecule has 1 aliphatic rings. The lowest BCUT2D eigenvalue weighted by Crippen LogP contribution is -2.42. The summed E-state index contributed by atoms with van der Waals surface area (Å²) >= 11 is 0. The zero-order valence-electron chi connectivity index (χ0n) is 16.1. The number of hydrogen-bond acceptors (Lipinski definition) is 4. The van der Waals surface area contributed by atoms with E-state index in [9.17, 15) is 4.39 Å². The maximum atomic E-state index is 14.1. The van der Waals surface area contributed by atoms with E-state index in [0.29, 0.717) is 30.2 Å². The number of nitrogens with zero attached hydrogens (tertiary/aromatic N) is 3. The van der Waals surface area contributed by atoms with Crippen LogP contribution in [-0.2, 0) is 6.54 Å². The first-order valence-electron chi connectivity index (χ1n) is 9.69. The van der Waals surface area contributed by atoms with Crippen LogP contribution in [0.1, 0.15) is 42.7 Å². The van der Waals surface area contributed by atoms with Crippen LogP contribution in [0.5, 0.6) is 0 Å². The molecule has 0 amide bonds. The Bertz CT molecular complexity index is 822. The van der Waals surface area contributed by atoms with Crippen LogP contribution in [0.3, 0.4) is 0 Å². The van der Waals surface area contributed by atoms with Crippen molar-refractivity contribution in [2.45, 2.75) is 32.4 Å². The van der Waals surface area contributed by atoms with Crippen molar-refractivity contribution in [3.05, 3.63) is 59.3 Å². The number of nitrogens with one attached hydrogen (secondary N) is 2. The molecule has 1 aliphatic heterocycles.